The van der Waals surface area contributed by atoms with Crippen molar-refractivity contribution in [3.63, 3.8) is 0 Å². The molecule has 3 aromatic heterocycles. The Morgan fingerprint density at radius 3 is 2.67 bits per heavy atom. The van der Waals surface area contributed by atoms with Crippen LogP contribution in [0.3, 0.4) is 0 Å². The van der Waals surface area contributed by atoms with E-state index in [1.54, 1.807) is 29.8 Å². The number of nitrogens with one attached hydrogen (secondary N) is 1. The fourth-order valence-electron chi connectivity index (χ4n) is 4.04. The monoisotopic (exact) mass is 449 g/mol. The Morgan fingerprint density at radius 2 is 1.77 bits per heavy atom. The Bertz CT molecular complexity index is 1350. The number of ether oxygens (including phenoxy) is 1. The number of aryl methyl sites for hydroxylation is 1. The van der Waals surface area contributed by atoms with Crippen LogP contribution in [-0.2, 0) is 12.8 Å². The van der Waals surface area contributed by atoms with Crippen molar-refractivity contribution in [2.75, 3.05) is 12.4 Å². The van der Waals surface area contributed by atoms with Gasteiger partial charge in [-0.15, -0.1) is 22.7 Å². The summed E-state index contributed by atoms with van der Waals surface area (Å²) in [4.78, 5) is 11.3. The summed E-state index contributed by atoms with van der Waals surface area (Å²) < 4.78 is 7.74. The highest BCUT2D eigenvalue weighted by Crippen LogP contribution is 2.47. The average molecular weight is 450 g/mol. The maximum absolute atomic E-state index is 5.35. The normalized spacial score (nSPS) is 13.6. The number of thiophene rings is 1. The zero-order valence-corrected chi connectivity index (χ0v) is 18.8. The molecule has 0 fully saturated rings. The van der Waals surface area contributed by atoms with Crippen molar-refractivity contribution in [3.8, 4) is 16.3 Å². The van der Waals surface area contributed by atoms with Gasteiger partial charge in [-0.25, -0.2) is 9.97 Å². The molecule has 3 heterocycles. The molecule has 0 spiro atoms. The van der Waals surface area contributed by atoms with Gasteiger partial charge in [-0.1, -0.05) is 23.5 Å². The van der Waals surface area contributed by atoms with Gasteiger partial charge in [-0.05, 0) is 55.5 Å². The van der Waals surface area contributed by atoms with E-state index in [0.29, 0.717) is 0 Å². The molecule has 0 saturated heterocycles. The van der Waals surface area contributed by atoms with E-state index in [4.69, 9.17) is 14.7 Å². The van der Waals surface area contributed by atoms with Crippen LogP contribution in [0.5, 0.6) is 5.75 Å². The average Bonchev–Trinajstić information content (AvgIpc) is 3.46. The van der Waals surface area contributed by atoms with Crippen LogP contribution in [0.25, 0.3) is 31.0 Å². The number of hydrogen-bond donors (Lipinski definition) is 1. The number of hydrogen-bond acceptors (Lipinski definition) is 7. The predicted molar refractivity (Wildman–Crippen MR) is 129 cm³/mol. The summed E-state index contributed by atoms with van der Waals surface area (Å²) in [6, 6.07) is 14.5. The summed E-state index contributed by atoms with van der Waals surface area (Å²) in [5, 5.41) is 6.85. The molecule has 0 bridgehead atoms. The smallest absolute Gasteiger partial charge is 0.188 e. The van der Waals surface area contributed by atoms with Crippen molar-refractivity contribution in [1.29, 1.82) is 0 Å². The molecular weight excluding hydrogens is 430 g/mol. The van der Waals surface area contributed by atoms with Gasteiger partial charge in [0.25, 0.3) is 0 Å². The van der Waals surface area contributed by atoms with Gasteiger partial charge in [-0.3, -0.25) is 0 Å². The van der Waals surface area contributed by atoms with E-state index in [-0.39, 0.29) is 0 Å². The standard InChI is InChI=1S/C23H19N3OS3/c1-27-13-10-11-19-16(12-13)25-23(30-19)26-22-20(14-6-2-4-8-17(14)28-22)21-24-15-7-3-5-9-18(15)29-21/h3,5,7,9-12H,2,4,6,8H2,1H3,(H,25,26). The number of methoxy groups -OCH3 is 1. The molecule has 1 N–H and O–H groups in total. The van der Waals surface area contributed by atoms with Gasteiger partial charge in [0.1, 0.15) is 15.8 Å². The van der Waals surface area contributed by atoms with Crippen molar-refractivity contribution in [2.24, 2.45) is 0 Å². The fourth-order valence-corrected chi connectivity index (χ4v) is 7.36. The van der Waals surface area contributed by atoms with E-state index in [0.717, 1.165) is 44.5 Å². The molecule has 30 heavy (non-hydrogen) atoms. The highest BCUT2D eigenvalue weighted by molar-refractivity contribution is 7.24. The van der Waals surface area contributed by atoms with Crippen LogP contribution in [0.1, 0.15) is 23.3 Å². The molecule has 0 unspecified atom stereocenters. The van der Waals surface area contributed by atoms with Crippen LogP contribution in [0.4, 0.5) is 10.1 Å². The maximum atomic E-state index is 5.35. The third-order valence-corrected chi connectivity index (χ3v) is 8.71. The van der Waals surface area contributed by atoms with E-state index >= 15 is 0 Å². The summed E-state index contributed by atoms with van der Waals surface area (Å²) in [6.45, 7) is 0. The van der Waals surface area contributed by atoms with Gasteiger partial charge in [-0.2, -0.15) is 0 Å². The Hall–Kier alpha value is -2.48. The molecule has 0 radical (unpaired) electrons. The van der Waals surface area contributed by atoms with Crippen LogP contribution in [-0.4, -0.2) is 17.1 Å². The minimum atomic E-state index is 0.834. The van der Waals surface area contributed by atoms with Crippen LogP contribution in [0.2, 0.25) is 0 Å². The molecule has 0 saturated carbocycles. The van der Waals surface area contributed by atoms with E-state index in [2.05, 4.69) is 35.6 Å². The van der Waals surface area contributed by atoms with Crippen molar-refractivity contribution >= 4 is 64.6 Å². The fraction of sp³-hybridized carbons (Fsp3) is 0.217. The van der Waals surface area contributed by atoms with E-state index in [1.807, 2.05) is 23.5 Å². The van der Waals surface area contributed by atoms with Crippen LogP contribution in [0.15, 0.2) is 42.5 Å². The van der Waals surface area contributed by atoms with Gasteiger partial charge in [0.05, 0.1) is 27.5 Å². The number of benzene rings is 2. The zero-order valence-electron chi connectivity index (χ0n) is 16.4. The van der Waals surface area contributed by atoms with Crippen LogP contribution < -0.4 is 10.1 Å². The summed E-state index contributed by atoms with van der Waals surface area (Å²) >= 11 is 5.34. The third-order valence-electron chi connectivity index (χ3n) is 5.49. The quantitative estimate of drug-likeness (QED) is 0.313. The first-order valence-corrected chi connectivity index (χ1v) is 12.5. The zero-order chi connectivity index (χ0) is 20.1. The third kappa shape index (κ3) is 3.09. The van der Waals surface area contributed by atoms with E-state index < -0.39 is 0 Å². The number of thiazole rings is 2. The van der Waals surface area contributed by atoms with Crippen molar-refractivity contribution in [1.82, 2.24) is 9.97 Å². The topological polar surface area (TPSA) is 47.0 Å². The first-order chi connectivity index (χ1) is 14.8. The van der Waals surface area contributed by atoms with Crippen molar-refractivity contribution < 1.29 is 4.74 Å². The molecule has 6 rings (SSSR count). The lowest BCUT2D eigenvalue weighted by atomic mass is 9.96. The Labute approximate surface area is 186 Å². The Morgan fingerprint density at radius 1 is 0.900 bits per heavy atom. The molecule has 150 valence electrons. The number of rotatable bonds is 4. The van der Waals surface area contributed by atoms with E-state index in [1.165, 1.54) is 38.5 Å². The van der Waals surface area contributed by atoms with E-state index in [9.17, 15) is 0 Å². The number of nitrogens with zero attached hydrogens (tertiary/aromatic N) is 2. The minimum Gasteiger partial charge on any atom is -0.497 e. The van der Waals surface area contributed by atoms with Gasteiger partial charge in [0.2, 0.25) is 0 Å². The van der Waals surface area contributed by atoms with Crippen LogP contribution >= 0.6 is 34.0 Å². The molecule has 1 aliphatic carbocycles. The number of aromatic nitrogens is 2. The van der Waals surface area contributed by atoms with Crippen LogP contribution in [0, 0.1) is 0 Å². The van der Waals surface area contributed by atoms with Gasteiger partial charge < -0.3 is 10.1 Å². The summed E-state index contributed by atoms with van der Waals surface area (Å²) in [7, 11) is 1.69. The molecule has 0 atom stereocenters. The lowest BCUT2D eigenvalue weighted by Crippen LogP contribution is -1.99. The molecule has 0 amide bonds. The largest absolute Gasteiger partial charge is 0.497 e. The molecule has 1 aliphatic rings. The minimum absolute atomic E-state index is 0.834. The second-order valence-electron chi connectivity index (χ2n) is 7.38. The Balaban J connectivity index is 1.46. The number of fused-ring (bicyclic) bond motifs is 3. The van der Waals surface area contributed by atoms with Crippen molar-refractivity contribution in [2.45, 2.75) is 25.7 Å². The molecule has 0 aliphatic heterocycles. The molecule has 5 aromatic rings. The molecular formula is C23H19N3OS3. The summed E-state index contributed by atoms with van der Waals surface area (Å²) in [5.41, 5.74) is 4.80. The molecule has 4 nitrogen and oxygen atoms in total. The first-order valence-electron chi connectivity index (χ1n) is 10.0. The molecule has 7 heteroatoms. The predicted octanol–water partition coefficient (Wildman–Crippen LogP) is 7.27. The Kier molecular flexibility index (Phi) is 4.48. The molecule has 2 aromatic carbocycles. The first kappa shape index (κ1) is 18.3. The van der Waals surface area contributed by atoms with Gasteiger partial charge in [0.15, 0.2) is 5.13 Å². The summed E-state index contributed by atoms with van der Waals surface area (Å²) in [5.74, 6) is 0.834. The lowest BCUT2D eigenvalue weighted by Gasteiger charge is -2.11. The summed E-state index contributed by atoms with van der Waals surface area (Å²) in [6.07, 6.45) is 4.82. The number of anilines is 2. The van der Waals surface area contributed by atoms with Gasteiger partial charge >= 0.3 is 0 Å². The van der Waals surface area contributed by atoms with Crippen molar-refractivity contribution in [3.05, 3.63) is 52.9 Å². The highest BCUT2D eigenvalue weighted by Gasteiger charge is 2.24. The maximum Gasteiger partial charge on any atom is 0.188 e. The second-order valence-corrected chi connectivity index (χ2v) is 10.5. The second kappa shape index (κ2) is 7.34. The lowest BCUT2D eigenvalue weighted by molar-refractivity contribution is 0.415. The highest BCUT2D eigenvalue weighted by atomic mass is 32.1. The SMILES string of the molecule is COc1ccc2sc(Nc3sc4c(c3-c3nc5ccccc5s3)CCCC4)nc2c1. The van der Waals surface area contributed by atoms with Gasteiger partial charge in [0, 0.05) is 16.5 Å². The number of para-hydroxylation sites is 1.